The number of hydrogen-bond donors (Lipinski definition) is 1. The number of aryl methyl sites for hydroxylation is 1. The third kappa shape index (κ3) is 5.33. The summed E-state index contributed by atoms with van der Waals surface area (Å²) < 4.78 is 0. The standard InChI is InChI=1S/C21H25ClN2O2/c1-4-19(21(26)23-3)24(14-17-9-5-7-15(2)11-17)20(25)13-16-8-6-10-18(22)12-16/h5-12,19H,4,13-14H2,1-3H3,(H,23,26)/t19-/m0/s1. The van der Waals surface area contributed by atoms with Gasteiger partial charge in [-0.15, -0.1) is 0 Å². The predicted octanol–water partition coefficient (Wildman–Crippen LogP) is 3.74. The average molecular weight is 373 g/mol. The first-order valence-electron chi connectivity index (χ1n) is 8.75. The van der Waals surface area contributed by atoms with Gasteiger partial charge in [-0.1, -0.05) is 60.5 Å². The highest BCUT2D eigenvalue weighted by Crippen LogP contribution is 2.17. The molecule has 0 aliphatic carbocycles. The second kappa shape index (κ2) is 9.39. The SMILES string of the molecule is CC[C@@H](C(=O)NC)N(Cc1cccc(C)c1)C(=O)Cc1cccc(Cl)c1. The Morgan fingerprint density at radius 1 is 1.12 bits per heavy atom. The zero-order valence-electron chi connectivity index (χ0n) is 15.5. The molecule has 0 spiro atoms. The molecule has 0 aliphatic rings. The summed E-state index contributed by atoms with van der Waals surface area (Å²) in [6, 6.07) is 14.7. The number of carbonyl (C=O) groups is 2. The maximum absolute atomic E-state index is 13.0. The zero-order valence-corrected chi connectivity index (χ0v) is 16.2. The summed E-state index contributed by atoms with van der Waals surface area (Å²) in [6.45, 7) is 4.32. The highest BCUT2D eigenvalue weighted by Gasteiger charge is 2.28. The van der Waals surface area contributed by atoms with E-state index in [1.807, 2.05) is 50.2 Å². The van der Waals surface area contributed by atoms with Gasteiger partial charge in [0.1, 0.15) is 6.04 Å². The molecule has 138 valence electrons. The lowest BCUT2D eigenvalue weighted by molar-refractivity contribution is -0.140. The smallest absolute Gasteiger partial charge is 0.242 e. The molecule has 0 aliphatic heterocycles. The van der Waals surface area contributed by atoms with Gasteiger partial charge < -0.3 is 10.2 Å². The second-order valence-electron chi connectivity index (χ2n) is 6.36. The first-order valence-corrected chi connectivity index (χ1v) is 9.13. The number of carbonyl (C=O) groups excluding carboxylic acids is 2. The molecule has 1 atom stereocenters. The van der Waals surface area contributed by atoms with Crippen LogP contribution in [0.1, 0.15) is 30.0 Å². The number of likely N-dealkylation sites (N-methyl/N-ethyl adjacent to an activating group) is 1. The molecule has 2 aromatic rings. The Labute approximate surface area is 160 Å². The average Bonchev–Trinajstić information content (AvgIpc) is 2.61. The number of nitrogens with one attached hydrogen (secondary N) is 1. The molecule has 0 radical (unpaired) electrons. The Hall–Kier alpha value is -2.33. The van der Waals surface area contributed by atoms with Crippen molar-refractivity contribution in [1.29, 1.82) is 0 Å². The van der Waals surface area contributed by atoms with Gasteiger partial charge in [0.25, 0.3) is 0 Å². The minimum Gasteiger partial charge on any atom is -0.357 e. The van der Waals surface area contributed by atoms with Gasteiger partial charge in [0.15, 0.2) is 0 Å². The fraction of sp³-hybridized carbons (Fsp3) is 0.333. The molecule has 2 amide bonds. The van der Waals surface area contributed by atoms with Crippen LogP contribution in [0.5, 0.6) is 0 Å². The Morgan fingerprint density at radius 2 is 1.81 bits per heavy atom. The maximum Gasteiger partial charge on any atom is 0.242 e. The summed E-state index contributed by atoms with van der Waals surface area (Å²) in [4.78, 5) is 27.0. The quantitative estimate of drug-likeness (QED) is 0.804. The van der Waals surface area contributed by atoms with Crippen molar-refractivity contribution in [3.8, 4) is 0 Å². The molecule has 2 aromatic carbocycles. The number of hydrogen-bond acceptors (Lipinski definition) is 2. The second-order valence-corrected chi connectivity index (χ2v) is 6.79. The summed E-state index contributed by atoms with van der Waals surface area (Å²) in [6.07, 6.45) is 0.757. The molecule has 5 heteroatoms. The van der Waals surface area contributed by atoms with Crippen LogP contribution in [0.2, 0.25) is 5.02 Å². The molecule has 0 heterocycles. The first kappa shape index (κ1) is 20.0. The van der Waals surface area contributed by atoms with Gasteiger partial charge in [0.05, 0.1) is 6.42 Å². The van der Waals surface area contributed by atoms with Crippen molar-refractivity contribution >= 4 is 23.4 Å². The van der Waals surface area contributed by atoms with E-state index in [-0.39, 0.29) is 18.2 Å². The van der Waals surface area contributed by atoms with Crippen molar-refractivity contribution in [2.24, 2.45) is 0 Å². The van der Waals surface area contributed by atoms with E-state index in [0.717, 1.165) is 16.7 Å². The van der Waals surface area contributed by atoms with Gasteiger partial charge >= 0.3 is 0 Å². The third-order valence-electron chi connectivity index (χ3n) is 4.31. The molecule has 0 aromatic heterocycles. The van der Waals surface area contributed by atoms with E-state index in [2.05, 4.69) is 5.32 Å². The topological polar surface area (TPSA) is 49.4 Å². The molecule has 26 heavy (non-hydrogen) atoms. The van der Waals surface area contributed by atoms with Crippen molar-refractivity contribution in [3.63, 3.8) is 0 Å². The number of halogens is 1. The van der Waals surface area contributed by atoms with E-state index in [1.165, 1.54) is 0 Å². The maximum atomic E-state index is 13.0. The summed E-state index contributed by atoms with van der Waals surface area (Å²) >= 11 is 6.03. The minimum atomic E-state index is -0.507. The number of amides is 2. The van der Waals surface area contributed by atoms with Gasteiger partial charge in [-0.05, 0) is 36.6 Å². The lowest BCUT2D eigenvalue weighted by atomic mass is 10.1. The predicted molar refractivity (Wildman–Crippen MR) is 105 cm³/mol. The molecule has 2 rings (SSSR count). The Bertz CT molecular complexity index is 776. The number of rotatable bonds is 7. The molecular weight excluding hydrogens is 348 g/mol. The summed E-state index contributed by atoms with van der Waals surface area (Å²) in [5, 5.41) is 3.26. The first-order chi connectivity index (χ1) is 12.4. The highest BCUT2D eigenvalue weighted by atomic mass is 35.5. The summed E-state index contributed by atoms with van der Waals surface area (Å²) in [5.74, 6) is -0.246. The molecule has 0 fully saturated rings. The van der Waals surface area contributed by atoms with E-state index in [9.17, 15) is 9.59 Å². The van der Waals surface area contributed by atoms with Gasteiger partial charge in [-0.2, -0.15) is 0 Å². The highest BCUT2D eigenvalue weighted by molar-refractivity contribution is 6.30. The van der Waals surface area contributed by atoms with Crippen molar-refractivity contribution in [3.05, 3.63) is 70.2 Å². The summed E-state index contributed by atoms with van der Waals surface area (Å²) in [7, 11) is 1.59. The van der Waals surface area contributed by atoms with Gasteiger partial charge in [0.2, 0.25) is 11.8 Å². The summed E-state index contributed by atoms with van der Waals surface area (Å²) in [5.41, 5.74) is 2.97. The fourth-order valence-corrected chi connectivity index (χ4v) is 3.23. The Morgan fingerprint density at radius 3 is 2.42 bits per heavy atom. The van der Waals surface area contributed by atoms with Gasteiger partial charge in [0, 0.05) is 18.6 Å². The van der Waals surface area contributed by atoms with E-state index >= 15 is 0 Å². The van der Waals surface area contributed by atoms with E-state index in [0.29, 0.717) is 18.0 Å². The van der Waals surface area contributed by atoms with Crippen LogP contribution < -0.4 is 5.32 Å². The van der Waals surface area contributed by atoms with Crippen molar-refractivity contribution in [2.45, 2.75) is 39.3 Å². The van der Waals surface area contributed by atoms with Crippen LogP contribution in [0.25, 0.3) is 0 Å². The van der Waals surface area contributed by atoms with Crippen LogP contribution in [0.3, 0.4) is 0 Å². The van der Waals surface area contributed by atoms with Crippen molar-refractivity contribution < 1.29 is 9.59 Å². The number of benzene rings is 2. The van der Waals surface area contributed by atoms with Crippen LogP contribution >= 0.6 is 11.6 Å². The van der Waals surface area contributed by atoms with E-state index < -0.39 is 6.04 Å². The lowest BCUT2D eigenvalue weighted by Crippen LogP contribution is -2.48. The minimum absolute atomic E-state index is 0.0933. The third-order valence-corrected chi connectivity index (χ3v) is 4.55. The molecule has 0 saturated heterocycles. The monoisotopic (exact) mass is 372 g/mol. The normalized spacial score (nSPS) is 11.7. The number of nitrogens with zero attached hydrogens (tertiary/aromatic N) is 1. The molecule has 4 nitrogen and oxygen atoms in total. The van der Waals surface area contributed by atoms with Crippen molar-refractivity contribution in [2.75, 3.05) is 7.05 Å². The molecular formula is C21H25ClN2O2. The fourth-order valence-electron chi connectivity index (χ4n) is 3.02. The van der Waals surface area contributed by atoms with Crippen LogP contribution in [-0.4, -0.2) is 29.8 Å². The van der Waals surface area contributed by atoms with Gasteiger partial charge in [-0.25, -0.2) is 0 Å². The van der Waals surface area contributed by atoms with Gasteiger partial charge in [-0.3, -0.25) is 9.59 Å². The molecule has 0 saturated carbocycles. The van der Waals surface area contributed by atoms with E-state index in [1.54, 1.807) is 24.1 Å². The molecule has 0 bridgehead atoms. The Balaban J connectivity index is 2.28. The van der Waals surface area contributed by atoms with Crippen LogP contribution in [0.15, 0.2) is 48.5 Å². The van der Waals surface area contributed by atoms with E-state index in [4.69, 9.17) is 11.6 Å². The molecule has 0 unspecified atom stereocenters. The van der Waals surface area contributed by atoms with Crippen LogP contribution in [0.4, 0.5) is 0 Å². The largest absolute Gasteiger partial charge is 0.357 e. The lowest BCUT2D eigenvalue weighted by Gasteiger charge is -2.30. The van der Waals surface area contributed by atoms with Crippen LogP contribution in [0, 0.1) is 6.92 Å². The van der Waals surface area contributed by atoms with Crippen LogP contribution in [-0.2, 0) is 22.6 Å². The molecule has 1 N–H and O–H groups in total. The van der Waals surface area contributed by atoms with Crippen molar-refractivity contribution in [1.82, 2.24) is 10.2 Å². The Kier molecular flexibility index (Phi) is 7.22. The zero-order chi connectivity index (χ0) is 19.1.